The van der Waals surface area contributed by atoms with Crippen LogP contribution in [0, 0.1) is 0 Å². The summed E-state index contributed by atoms with van der Waals surface area (Å²) in [5, 5.41) is 4.35. The second-order valence-electron chi connectivity index (χ2n) is 5.61. The Bertz CT molecular complexity index is 532. The maximum atomic E-state index is 5.80. The highest BCUT2D eigenvalue weighted by Crippen LogP contribution is 2.12. The van der Waals surface area contributed by atoms with Gasteiger partial charge in [0.05, 0.1) is 18.9 Å². The minimum Gasteiger partial charge on any atom is -0.489 e. The summed E-state index contributed by atoms with van der Waals surface area (Å²) in [4.78, 5) is 2.48. The molecular formula is C17H23N3O. The molecule has 4 heteroatoms. The van der Waals surface area contributed by atoms with E-state index in [1.807, 2.05) is 16.9 Å². The first kappa shape index (κ1) is 14.1. The normalized spacial score (nSPS) is 16.0. The SMILES string of the molecule is c1ccc(Cn2cc(OCCN3CCCCC3)cn2)cc1. The number of piperidine rings is 1. The van der Waals surface area contributed by atoms with Crippen molar-refractivity contribution in [1.82, 2.24) is 14.7 Å². The number of hydrogen-bond donors (Lipinski definition) is 0. The number of benzene rings is 1. The summed E-state index contributed by atoms with van der Waals surface area (Å²) in [6.07, 6.45) is 7.82. The lowest BCUT2D eigenvalue weighted by molar-refractivity contribution is 0.183. The summed E-state index contributed by atoms with van der Waals surface area (Å²) in [5.41, 5.74) is 1.25. The van der Waals surface area contributed by atoms with Gasteiger partial charge in [0.25, 0.3) is 0 Å². The van der Waals surface area contributed by atoms with Gasteiger partial charge in [0.2, 0.25) is 0 Å². The Morgan fingerprint density at radius 3 is 2.67 bits per heavy atom. The van der Waals surface area contributed by atoms with Gasteiger partial charge < -0.3 is 4.74 Å². The standard InChI is InChI=1S/C17H23N3O/c1-3-7-16(8-4-1)14-20-15-17(13-18-20)21-12-11-19-9-5-2-6-10-19/h1,3-4,7-8,13,15H,2,5-6,9-12,14H2. The molecule has 3 rings (SSSR count). The van der Waals surface area contributed by atoms with Gasteiger partial charge >= 0.3 is 0 Å². The zero-order valence-corrected chi connectivity index (χ0v) is 12.4. The van der Waals surface area contributed by atoms with E-state index >= 15 is 0 Å². The molecule has 1 saturated heterocycles. The second-order valence-corrected chi connectivity index (χ2v) is 5.61. The van der Waals surface area contributed by atoms with E-state index in [1.165, 1.54) is 37.9 Å². The molecule has 1 aromatic heterocycles. The van der Waals surface area contributed by atoms with Crippen LogP contribution in [0.5, 0.6) is 5.75 Å². The molecule has 0 N–H and O–H groups in total. The number of nitrogens with zero attached hydrogens (tertiary/aromatic N) is 3. The number of ether oxygens (including phenoxy) is 1. The summed E-state index contributed by atoms with van der Waals surface area (Å²) >= 11 is 0. The largest absolute Gasteiger partial charge is 0.489 e. The minimum absolute atomic E-state index is 0.747. The van der Waals surface area contributed by atoms with Crippen LogP contribution in [0.2, 0.25) is 0 Å². The Labute approximate surface area is 126 Å². The highest BCUT2D eigenvalue weighted by molar-refractivity contribution is 5.17. The summed E-state index contributed by atoms with van der Waals surface area (Å²) in [5.74, 6) is 0.864. The van der Waals surface area contributed by atoms with Crippen LogP contribution in [-0.4, -0.2) is 40.9 Å². The highest BCUT2D eigenvalue weighted by Gasteiger charge is 2.09. The zero-order chi connectivity index (χ0) is 14.3. The molecular weight excluding hydrogens is 262 g/mol. The van der Waals surface area contributed by atoms with Crippen LogP contribution in [0.1, 0.15) is 24.8 Å². The van der Waals surface area contributed by atoms with Crippen molar-refractivity contribution in [3.63, 3.8) is 0 Å². The van der Waals surface area contributed by atoms with Gasteiger partial charge in [-0.05, 0) is 31.5 Å². The lowest BCUT2D eigenvalue weighted by Crippen LogP contribution is -2.33. The Kier molecular flexibility index (Phi) is 4.90. The Hall–Kier alpha value is -1.81. The molecule has 112 valence electrons. The number of likely N-dealkylation sites (tertiary alicyclic amines) is 1. The Morgan fingerprint density at radius 1 is 1.05 bits per heavy atom. The van der Waals surface area contributed by atoms with Crippen LogP contribution >= 0.6 is 0 Å². The first-order valence-corrected chi connectivity index (χ1v) is 7.82. The first-order chi connectivity index (χ1) is 10.4. The fraction of sp³-hybridized carbons (Fsp3) is 0.471. The zero-order valence-electron chi connectivity index (χ0n) is 12.4. The van der Waals surface area contributed by atoms with Crippen molar-refractivity contribution < 1.29 is 4.74 Å². The molecule has 0 radical (unpaired) electrons. The van der Waals surface area contributed by atoms with Gasteiger partial charge in [-0.15, -0.1) is 0 Å². The molecule has 0 atom stereocenters. The molecule has 0 unspecified atom stereocenters. The third-order valence-electron chi connectivity index (χ3n) is 3.92. The van der Waals surface area contributed by atoms with E-state index in [0.717, 1.165) is 25.4 Å². The monoisotopic (exact) mass is 285 g/mol. The van der Waals surface area contributed by atoms with Crippen LogP contribution in [-0.2, 0) is 6.54 Å². The summed E-state index contributed by atoms with van der Waals surface area (Å²) in [6.45, 7) is 4.99. The molecule has 4 nitrogen and oxygen atoms in total. The van der Waals surface area contributed by atoms with Crippen LogP contribution < -0.4 is 4.74 Å². The summed E-state index contributed by atoms with van der Waals surface area (Å²) in [6, 6.07) is 10.3. The predicted octanol–water partition coefficient (Wildman–Crippen LogP) is 2.80. The van der Waals surface area contributed by atoms with Crippen molar-refractivity contribution in [2.45, 2.75) is 25.8 Å². The predicted molar refractivity (Wildman–Crippen MR) is 83.6 cm³/mol. The molecule has 2 aromatic rings. The molecule has 2 heterocycles. The Morgan fingerprint density at radius 2 is 1.86 bits per heavy atom. The maximum absolute atomic E-state index is 5.80. The fourth-order valence-electron chi connectivity index (χ4n) is 2.75. The van der Waals surface area contributed by atoms with Crippen molar-refractivity contribution in [2.24, 2.45) is 0 Å². The lowest BCUT2D eigenvalue weighted by Gasteiger charge is -2.25. The molecule has 0 amide bonds. The molecule has 21 heavy (non-hydrogen) atoms. The third-order valence-corrected chi connectivity index (χ3v) is 3.92. The van der Waals surface area contributed by atoms with E-state index in [0.29, 0.717) is 0 Å². The number of rotatable bonds is 6. The lowest BCUT2D eigenvalue weighted by atomic mass is 10.1. The van der Waals surface area contributed by atoms with Gasteiger partial charge in [-0.2, -0.15) is 5.10 Å². The van der Waals surface area contributed by atoms with Gasteiger partial charge in [0, 0.05) is 6.54 Å². The molecule has 1 aliphatic rings. The van der Waals surface area contributed by atoms with Crippen molar-refractivity contribution >= 4 is 0 Å². The molecule has 1 fully saturated rings. The number of aromatic nitrogens is 2. The van der Waals surface area contributed by atoms with Crippen molar-refractivity contribution in [3.8, 4) is 5.75 Å². The molecule has 1 aliphatic heterocycles. The van der Waals surface area contributed by atoms with Gasteiger partial charge in [-0.1, -0.05) is 36.8 Å². The van der Waals surface area contributed by atoms with Crippen molar-refractivity contribution in [1.29, 1.82) is 0 Å². The number of hydrogen-bond acceptors (Lipinski definition) is 3. The average Bonchev–Trinajstić information content (AvgIpc) is 2.97. The van der Waals surface area contributed by atoms with Crippen LogP contribution in [0.25, 0.3) is 0 Å². The van der Waals surface area contributed by atoms with Crippen LogP contribution in [0.3, 0.4) is 0 Å². The van der Waals surface area contributed by atoms with Crippen LogP contribution in [0.15, 0.2) is 42.7 Å². The average molecular weight is 285 g/mol. The van der Waals surface area contributed by atoms with E-state index in [1.54, 1.807) is 6.20 Å². The molecule has 0 bridgehead atoms. The Balaban J connectivity index is 1.44. The van der Waals surface area contributed by atoms with Gasteiger partial charge in [0.1, 0.15) is 6.61 Å². The molecule has 0 aliphatic carbocycles. The topological polar surface area (TPSA) is 30.3 Å². The molecule has 0 spiro atoms. The van der Waals surface area contributed by atoms with Crippen LogP contribution in [0.4, 0.5) is 0 Å². The quantitative estimate of drug-likeness (QED) is 0.817. The smallest absolute Gasteiger partial charge is 0.157 e. The van der Waals surface area contributed by atoms with Gasteiger partial charge in [-0.3, -0.25) is 9.58 Å². The second kappa shape index (κ2) is 7.27. The first-order valence-electron chi connectivity index (χ1n) is 7.82. The van der Waals surface area contributed by atoms with Gasteiger partial charge in [0.15, 0.2) is 5.75 Å². The maximum Gasteiger partial charge on any atom is 0.157 e. The van der Waals surface area contributed by atoms with Crippen molar-refractivity contribution in [2.75, 3.05) is 26.2 Å². The molecule has 1 aromatic carbocycles. The summed E-state index contributed by atoms with van der Waals surface area (Å²) in [7, 11) is 0. The third kappa shape index (κ3) is 4.33. The van der Waals surface area contributed by atoms with E-state index < -0.39 is 0 Å². The van der Waals surface area contributed by atoms with Crippen molar-refractivity contribution in [3.05, 3.63) is 48.3 Å². The molecule has 0 saturated carbocycles. The van der Waals surface area contributed by atoms with E-state index in [-0.39, 0.29) is 0 Å². The fourth-order valence-corrected chi connectivity index (χ4v) is 2.75. The highest BCUT2D eigenvalue weighted by atomic mass is 16.5. The van der Waals surface area contributed by atoms with E-state index in [2.05, 4.69) is 34.3 Å². The van der Waals surface area contributed by atoms with E-state index in [4.69, 9.17) is 4.74 Å². The van der Waals surface area contributed by atoms with E-state index in [9.17, 15) is 0 Å². The van der Waals surface area contributed by atoms with Gasteiger partial charge in [-0.25, -0.2) is 0 Å². The minimum atomic E-state index is 0.747. The summed E-state index contributed by atoms with van der Waals surface area (Å²) < 4.78 is 7.72.